The maximum atomic E-state index is 13.4. The van der Waals surface area contributed by atoms with Gasteiger partial charge in [-0.25, -0.2) is 9.79 Å². The van der Waals surface area contributed by atoms with E-state index in [-0.39, 0.29) is 12.3 Å². The van der Waals surface area contributed by atoms with Gasteiger partial charge in [-0.15, -0.1) is 0 Å². The molecule has 1 saturated heterocycles. The summed E-state index contributed by atoms with van der Waals surface area (Å²) in [5.41, 5.74) is 0.469. The van der Waals surface area contributed by atoms with Crippen LogP contribution in [0.1, 0.15) is 36.5 Å². The highest BCUT2D eigenvalue weighted by atomic mass is 79.9. The van der Waals surface area contributed by atoms with Crippen molar-refractivity contribution < 1.29 is 14.4 Å². The molecule has 0 radical (unpaired) electrons. The average molecular weight is 445 g/mol. The Hall–Kier alpha value is -2.48. The summed E-state index contributed by atoms with van der Waals surface area (Å²) in [6, 6.07) is 7.48. The van der Waals surface area contributed by atoms with E-state index >= 15 is 0 Å². The number of halogens is 1. The zero-order chi connectivity index (χ0) is 20.1. The topological polar surface area (TPSA) is 73.3 Å². The fraction of sp³-hybridized carbons (Fsp3) is 0.400. The first-order valence-electron chi connectivity index (χ1n) is 9.25. The van der Waals surface area contributed by atoms with Crippen molar-refractivity contribution in [1.29, 1.82) is 0 Å². The van der Waals surface area contributed by atoms with E-state index in [1.807, 2.05) is 11.0 Å². The van der Waals surface area contributed by atoms with E-state index in [1.165, 1.54) is 4.90 Å². The molecule has 28 heavy (non-hydrogen) atoms. The number of carbonyl (C=O) groups excluding carboxylic acids is 3. The number of imide groups is 1. The quantitative estimate of drug-likeness (QED) is 0.528. The molecule has 7 nitrogen and oxygen atoms in total. The molecule has 0 aromatic heterocycles. The Morgan fingerprint density at radius 1 is 1.29 bits per heavy atom. The molecule has 1 aromatic carbocycles. The van der Waals surface area contributed by atoms with Gasteiger partial charge in [-0.05, 0) is 42.1 Å². The molecule has 0 saturated carbocycles. The van der Waals surface area contributed by atoms with Gasteiger partial charge in [0.15, 0.2) is 22.2 Å². The van der Waals surface area contributed by atoms with E-state index in [0.29, 0.717) is 10.3 Å². The van der Waals surface area contributed by atoms with Crippen LogP contribution in [-0.2, 0) is 4.79 Å². The number of urea groups is 1. The molecule has 146 valence electrons. The lowest BCUT2D eigenvalue weighted by Crippen LogP contribution is -2.70. The largest absolute Gasteiger partial charge is 0.328 e. The molecule has 2 heterocycles. The van der Waals surface area contributed by atoms with Crippen molar-refractivity contribution in [3.05, 3.63) is 47.7 Å². The molecule has 3 aliphatic rings. The maximum absolute atomic E-state index is 13.4. The minimum Gasteiger partial charge on any atom is -0.308 e. The Morgan fingerprint density at radius 3 is 2.64 bits per heavy atom. The zero-order valence-corrected chi connectivity index (χ0v) is 17.3. The highest BCUT2D eigenvalue weighted by Gasteiger charge is 2.60. The van der Waals surface area contributed by atoms with Crippen LogP contribution in [0.15, 0.2) is 47.1 Å². The number of hydrogen-bond acceptors (Lipinski definition) is 5. The van der Waals surface area contributed by atoms with Crippen LogP contribution in [0.2, 0.25) is 0 Å². The number of rotatable bonds is 4. The molecule has 2 atom stereocenters. The average Bonchev–Trinajstić information content (AvgIpc) is 3.30. The highest BCUT2D eigenvalue weighted by molar-refractivity contribution is 9.18. The van der Waals surface area contributed by atoms with Crippen molar-refractivity contribution in [3.63, 3.8) is 0 Å². The van der Waals surface area contributed by atoms with Gasteiger partial charge < -0.3 is 9.80 Å². The Balaban J connectivity index is 1.67. The SMILES string of the molecule is CN1C(=O)N(CC(=O)c2ccccc2)C(=O)C2N(C3=CCCC3)C(Br)=NC21C. The van der Waals surface area contributed by atoms with Crippen molar-refractivity contribution in [2.75, 3.05) is 13.6 Å². The molecular weight excluding hydrogens is 424 g/mol. The molecular formula is C20H21BrN4O3. The first kappa shape index (κ1) is 18.9. The molecule has 4 rings (SSSR count). The van der Waals surface area contributed by atoms with Crippen molar-refractivity contribution in [1.82, 2.24) is 14.7 Å². The van der Waals surface area contributed by atoms with Crippen LogP contribution >= 0.6 is 15.9 Å². The lowest BCUT2D eigenvalue weighted by atomic mass is 9.96. The number of benzene rings is 1. The minimum atomic E-state index is -1.03. The molecule has 2 unspecified atom stereocenters. The number of allylic oxidation sites excluding steroid dienone is 2. The summed E-state index contributed by atoms with van der Waals surface area (Å²) in [7, 11) is 1.62. The number of ketones is 1. The van der Waals surface area contributed by atoms with Crippen molar-refractivity contribution in [3.8, 4) is 0 Å². The van der Waals surface area contributed by atoms with Gasteiger partial charge in [-0.2, -0.15) is 0 Å². The number of carbonyl (C=O) groups is 3. The van der Waals surface area contributed by atoms with Crippen molar-refractivity contribution in [2.24, 2.45) is 4.99 Å². The third-order valence-electron chi connectivity index (χ3n) is 5.71. The van der Waals surface area contributed by atoms with Crippen LogP contribution in [0.4, 0.5) is 4.79 Å². The van der Waals surface area contributed by atoms with E-state index in [2.05, 4.69) is 27.0 Å². The molecule has 1 aromatic rings. The summed E-state index contributed by atoms with van der Waals surface area (Å²) in [5.74, 6) is -0.676. The Morgan fingerprint density at radius 2 is 2.00 bits per heavy atom. The fourth-order valence-corrected chi connectivity index (χ4v) is 4.83. The molecule has 1 fully saturated rings. The molecule has 3 amide bonds. The van der Waals surface area contributed by atoms with Gasteiger partial charge in [-0.3, -0.25) is 14.5 Å². The highest BCUT2D eigenvalue weighted by Crippen LogP contribution is 2.41. The predicted octanol–water partition coefficient (Wildman–Crippen LogP) is 2.98. The van der Waals surface area contributed by atoms with Crippen LogP contribution in [-0.4, -0.2) is 62.5 Å². The first-order chi connectivity index (χ1) is 13.3. The molecule has 8 heteroatoms. The second-order valence-electron chi connectivity index (χ2n) is 7.39. The monoisotopic (exact) mass is 444 g/mol. The van der Waals surface area contributed by atoms with Gasteiger partial charge in [0.1, 0.15) is 0 Å². The number of amidine groups is 1. The van der Waals surface area contributed by atoms with E-state index in [9.17, 15) is 14.4 Å². The lowest BCUT2D eigenvalue weighted by molar-refractivity contribution is -0.139. The van der Waals surface area contributed by atoms with Crippen LogP contribution < -0.4 is 0 Å². The fourth-order valence-electron chi connectivity index (χ4n) is 4.03. The number of Topliss-reactive ketones (excluding diaryl/α,β-unsaturated/α-hetero) is 1. The summed E-state index contributed by atoms with van der Waals surface area (Å²) < 4.78 is 0.539. The first-order valence-corrected chi connectivity index (χ1v) is 10.0. The lowest BCUT2D eigenvalue weighted by Gasteiger charge is -2.47. The predicted molar refractivity (Wildman–Crippen MR) is 108 cm³/mol. The smallest absolute Gasteiger partial charge is 0.308 e. The summed E-state index contributed by atoms with van der Waals surface area (Å²) in [4.78, 5) is 48.0. The summed E-state index contributed by atoms with van der Waals surface area (Å²) >= 11 is 3.48. The van der Waals surface area contributed by atoms with E-state index in [1.54, 1.807) is 38.2 Å². The molecule has 2 aliphatic heterocycles. The Bertz CT molecular complexity index is 913. The summed E-state index contributed by atoms with van der Waals surface area (Å²) in [6.45, 7) is 1.49. The number of fused-ring (bicyclic) bond motifs is 1. The van der Waals surface area contributed by atoms with E-state index in [0.717, 1.165) is 29.9 Å². The second kappa shape index (κ2) is 6.84. The van der Waals surface area contributed by atoms with E-state index in [4.69, 9.17) is 0 Å². The van der Waals surface area contributed by atoms with Gasteiger partial charge in [-0.1, -0.05) is 36.4 Å². The van der Waals surface area contributed by atoms with Crippen LogP contribution in [0.5, 0.6) is 0 Å². The third kappa shape index (κ3) is 2.78. The second-order valence-corrected chi connectivity index (χ2v) is 8.10. The number of hydrogen-bond donors (Lipinski definition) is 0. The van der Waals surface area contributed by atoms with Crippen molar-refractivity contribution in [2.45, 2.75) is 37.9 Å². The van der Waals surface area contributed by atoms with Gasteiger partial charge in [0.2, 0.25) is 0 Å². The van der Waals surface area contributed by atoms with Gasteiger partial charge in [0.05, 0.1) is 6.54 Å². The number of aliphatic imine (C=N–C) groups is 1. The van der Waals surface area contributed by atoms with Crippen LogP contribution in [0, 0.1) is 0 Å². The third-order valence-corrected chi connectivity index (χ3v) is 6.27. The molecule has 0 spiro atoms. The molecule has 0 N–H and O–H groups in total. The summed E-state index contributed by atoms with van der Waals surface area (Å²) in [5, 5.41) is 0. The van der Waals surface area contributed by atoms with Crippen LogP contribution in [0.3, 0.4) is 0 Å². The molecule has 0 bridgehead atoms. The standard InChI is InChI=1S/C20H21BrN4O3/c1-20-16(25(18(21)22-20)14-10-6-7-11-14)17(27)24(19(28)23(20)2)12-15(26)13-8-4-3-5-9-13/h3-5,8-10,16H,6-7,11-12H2,1-2H3. The number of likely N-dealkylation sites (N-methyl/N-ethyl adjacent to an activating group) is 1. The Labute approximate surface area is 171 Å². The Kier molecular flexibility index (Phi) is 4.61. The maximum Gasteiger partial charge on any atom is 0.328 e. The van der Waals surface area contributed by atoms with Gasteiger partial charge in [0, 0.05) is 18.3 Å². The van der Waals surface area contributed by atoms with E-state index < -0.39 is 23.6 Å². The number of amides is 3. The zero-order valence-electron chi connectivity index (χ0n) is 15.8. The molecule has 1 aliphatic carbocycles. The van der Waals surface area contributed by atoms with Crippen LogP contribution in [0.25, 0.3) is 0 Å². The van der Waals surface area contributed by atoms with Crippen molar-refractivity contribution >= 4 is 38.4 Å². The summed E-state index contributed by atoms with van der Waals surface area (Å²) in [6.07, 6.45) is 4.93. The normalized spacial score (nSPS) is 27.1. The van der Waals surface area contributed by atoms with Gasteiger partial charge >= 0.3 is 6.03 Å². The number of nitrogens with zero attached hydrogens (tertiary/aromatic N) is 4. The van der Waals surface area contributed by atoms with Gasteiger partial charge in [0.25, 0.3) is 5.91 Å². The minimum absolute atomic E-state index is 0.274.